The second-order valence-corrected chi connectivity index (χ2v) is 24.9. The number of aromatic nitrogens is 4. The van der Waals surface area contributed by atoms with Crippen LogP contribution in [0.3, 0.4) is 0 Å². The van der Waals surface area contributed by atoms with E-state index in [-0.39, 0.29) is 0 Å². The van der Waals surface area contributed by atoms with Gasteiger partial charge in [-0.25, -0.2) is 18.3 Å². The molecule has 4 heteroatoms. The van der Waals surface area contributed by atoms with Crippen LogP contribution < -0.4 is 18.3 Å². The van der Waals surface area contributed by atoms with Crippen molar-refractivity contribution in [2.45, 2.75) is 88.0 Å². The van der Waals surface area contributed by atoms with Crippen LogP contribution in [0.25, 0.3) is 89.5 Å². The molecule has 0 aliphatic heterocycles. The first-order chi connectivity index (χ1) is 43.4. The van der Waals surface area contributed by atoms with Gasteiger partial charge in [-0.15, -0.1) is 0 Å². The molecule has 0 aliphatic carbocycles. The third kappa shape index (κ3) is 16.5. The summed E-state index contributed by atoms with van der Waals surface area (Å²) >= 11 is 0. The lowest BCUT2D eigenvalue weighted by molar-refractivity contribution is -0.660. The molecule has 0 radical (unpaired) electrons. The van der Waals surface area contributed by atoms with Crippen molar-refractivity contribution in [2.24, 2.45) is 34.1 Å². The van der Waals surface area contributed by atoms with Gasteiger partial charge in [0.25, 0.3) is 0 Å². The third-order valence-corrected chi connectivity index (χ3v) is 17.0. The van der Waals surface area contributed by atoms with Crippen LogP contribution in [0.5, 0.6) is 0 Å². The van der Waals surface area contributed by atoms with Crippen LogP contribution in [-0.4, -0.2) is 0 Å². The summed E-state index contributed by atoms with van der Waals surface area (Å²) in [5.74, 6) is 1.25. The zero-order valence-corrected chi connectivity index (χ0v) is 55.8. The van der Waals surface area contributed by atoms with Gasteiger partial charge < -0.3 is 0 Å². The van der Waals surface area contributed by atoms with Crippen molar-refractivity contribution in [3.05, 3.63) is 312 Å². The van der Waals surface area contributed by atoms with Gasteiger partial charge in [0.1, 0.15) is 28.2 Å². The Morgan fingerprint density at radius 1 is 0.300 bits per heavy atom. The molecule has 0 N–H and O–H groups in total. The molecule has 0 fully saturated rings. The van der Waals surface area contributed by atoms with E-state index in [0.29, 0.717) is 11.8 Å². The number of nitrogens with zero attached hydrogens (tertiary/aromatic N) is 4. The van der Waals surface area contributed by atoms with E-state index in [1.165, 1.54) is 134 Å². The molecular formula is C86H92N4+4. The topological polar surface area (TPSA) is 15.5 Å². The second kappa shape index (κ2) is 30.5. The van der Waals surface area contributed by atoms with Crippen molar-refractivity contribution in [2.75, 3.05) is 0 Å². The molecule has 0 amide bonds. The molecule has 0 aliphatic rings. The summed E-state index contributed by atoms with van der Waals surface area (Å²) in [4.78, 5) is 0. The van der Waals surface area contributed by atoms with E-state index in [9.17, 15) is 0 Å². The fourth-order valence-corrected chi connectivity index (χ4v) is 12.0. The Hall–Kier alpha value is -9.64. The Bertz CT molecular complexity index is 4330. The molecule has 0 unspecified atom stereocenters. The summed E-state index contributed by atoms with van der Waals surface area (Å²) in [6, 6.07) is 87.0. The van der Waals surface area contributed by atoms with Gasteiger partial charge in [-0.1, -0.05) is 210 Å². The van der Waals surface area contributed by atoms with Gasteiger partial charge in [-0.05, 0) is 168 Å². The molecule has 0 saturated heterocycles. The lowest BCUT2D eigenvalue weighted by Gasteiger charge is -2.11. The molecule has 12 rings (SSSR count). The molecule has 4 heterocycles. The predicted octanol–water partition coefficient (Wildman–Crippen LogP) is 19.8. The maximum absolute atomic E-state index is 2.34. The van der Waals surface area contributed by atoms with Crippen molar-refractivity contribution < 1.29 is 18.3 Å². The molecule has 12 aromatic rings. The van der Waals surface area contributed by atoms with Gasteiger partial charge in [0, 0.05) is 69.8 Å². The minimum Gasteiger partial charge on any atom is -0.201 e. The van der Waals surface area contributed by atoms with E-state index in [0.717, 1.165) is 12.8 Å². The number of aryl methyl sites for hydroxylation is 10. The van der Waals surface area contributed by atoms with Gasteiger partial charge >= 0.3 is 0 Å². The van der Waals surface area contributed by atoms with E-state index >= 15 is 0 Å². The standard InChI is InChI=1S/C23H26N.C22H24N.C21H22N.C20H20N/c1-17(2)14-19-10-11-22(18(3)15-19)23-16-21(12-13-24(23)4)20-8-6-5-7-9-20;1-16(2)19-10-11-21(17(3)14-19)22-15-20(12-13-23(22)4)18-8-6-5-7-9-18;1-4-17-10-12-20(16(2)14-17)21-13-11-19(15-22(21)3)18-8-6-5-7-9-18;1-15-9-11-19(16(2)13-15)20-12-10-18(14-21(20)3)17-7-5-4-6-8-17/h5-13,15-17H,14H2,1-4H3;5-16H,1-4H3;5-15H,4H2,1-3H3;4-14H,1-3H3/q4*+1. The van der Waals surface area contributed by atoms with Crippen molar-refractivity contribution >= 4 is 0 Å². The normalized spacial score (nSPS) is 10.8. The number of hydrogen-bond acceptors (Lipinski definition) is 0. The second-order valence-electron chi connectivity index (χ2n) is 24.9. The molecule has 0 spiro atoms. The van der Waals surface area contributed by atoms with Crippen molar-refractivity contribution in [3.8, 4) is 89.5 Å². The zero-order chi connectivity index (χ0) is 63.8. The summed E-state index contributed by atoms with van der Waals surface area (Å²) < 4.78 is 8.83. The van der Waals surface area contributed by atoms with Crippen LogP contribution in [0, 0.1) is 40.5 Å². The molecule has 0 atom stereocenters. The molecule has 90 heavy (non-hydrogen) atoms. The van der Waals surface area contributed by atoms with Gasteiger partial charge in [0.15, 0.2) is 24.8 Å². The number of rotatable bonds is 12. The summed E-state index contributed by atoms with van der Waals surface area (Å²) in [5, 5.41) is 0. The average molecular weight is 1180 g/mol. The maximum Gasteiger partial charge on any atom is 0.213 e. The molecule has 0 saturated carbocycles. The first-order valence-electron chi connectivity index (χ1n) is 32.0. The number of benzene rings is 8. The van der Waals surface area contributed by atoms with Crippen LogP contribution in [0.2, 0.25) is 0 Å². The highest BCUT2D eigenvalue weighted by Gasteiger charge is 2.19. The summed E-state index contributed by atoms with van der Waals surface area (Å²) in [6.45, 7) is 22.1. The SMILES string of the molecule is CCc1ccc(-c2ccc(-c3ccccc3)c[n+]2C)c(C)c1.Cc1cc(C(C)C)ccc1-c1cc(-c2ccccc2)cc[n+]1C.Cc1cc(CC(C)C)ccc1-c1cc(-c2ccccc2)cc[n+]1C.Cc1ccc(-c2ccc(-c3ccccc3)c[n+]2C)c(C)c1. The van der Waals surface area contributed by atoms with Gasteiger partial charge in [-0.2, -0.15) is 0 Å². The van der Waals surface area contributed by atoms with Crippen LogP contribution in [0.15, 0.2) is 267 Å². The van der Waals surface area contributed by atoms with E-state index in [1.807, 2.05) is 6.07 Å². The fraction of sp³-hybridized carbons (Fsp3) is 0.209. The number of pyridine rings is 4. The predicted molar refractivity (Wildman–Crippen MR) is 380 cm³/mol. The number of hydrogen-bond donors (Lipinski definition) is 0. The summed E-state index contributed by atoms with van der Waals surface area (Å²) in [5.41, 5.74) is 31.1. The highest BCUT2D eigenvalue weighted by molar-refractivity contribution is 5.73. The van der Waals surface area contributed by atoms with E-state index < -0.39 is 0 Å². The third-order valence-electron chi connectivity index (χ3n) is 17.0. The Kier molecular flexibility index (Phi) is 22.0. The Morgan fingerprint density at radius 3 is 1.04 bits per heavy atom. The minimum atomic E-state index is 0.562. The molecule has 4 nitrogen and oxygen atoms in total. The van der Waals surface area contributed by atoms with Crippen molar-refractivity contribution in [1.82, 2.24) is 0 Å². The summed E-state index contributed by atoms with van der Waals surface area (Å²) in [6.07, 6.45) is 10.9. The largest absolute Gasteiger partial charge is 0.213 e. The Balaban J connectivity index is 0.000000142. The Labute approximate surface area is 538 Å². The smallest absolute Gasteiger partial charge is 0.201 e. The highest BCUT2D eigenvalue weighted by Crippen LogP contribution is 2.31. The van der Waals surface area contributed by atoms with Crippen LogP contribution in [0.4, 0.5) is 0 Å². The monoisotopic (exact) mass is 1180 g/mol. The van der Waals surface area contributed by atoms with E-state index in [2.05, 4.69) is 377 Å². The first kappa shape index (κ1) is 64.8. The molecular weight excluding hydrogens is 1090 g/mol. The van der Waals surface area contributed by atoms with Crippen LogP contribution >= 0.6 is 0 Å². The van der Waals surface area contributed by atoms with E-state index in [1.54, 1.807) is 0 Å². The van der Waals surface area contributed by atoms with Gasteiger partial charge in [0.05, 0.1) is 0 Å². The van der Waals surface area contributed by atoms with Gasteiger partial charge in [0.2, 0.25) is 22.8 Å². The zero-order valence-electron chi connectivity index (χ0n) is 55.8. The lowest BCUT2D eigenvalue weighted by Crippen LogP contribution is -2.30. The van der Waals surface area contributed by atoms with Crippen LogP contribution in [0.1, 0.15) is 85.0 Å². The lowest BCUT2D eigenvalue weighted by atomic mass is 9.95. The maximum atomic E-state index is 2.34. The molecule has 4 aromatic heterocycles. The van der Waals surface area contributed by atoms with E-state index in [4.69, 9.17) is 0 Å². The van der Waals surface area contributed by atoms with Gasteiger partial charge in [-0.3, -0.25) is 0 Å². The van der Waals surface area contributed by atoms with Crippen molar-refractivity contribution in [3.63, 3.8) is 0 Å². The first-order valence-corrected chi connectivity index (χ1v) is 32.0. The fourth-order valence-electron chi connectivity index (χ4n) is 12.0. The Morgan fingerprint density at radius 2 is 0.667 bits per heavy atom. The van der Waals surface area contributed by atoms with Crippen molar-refractivity contribution in [1.29, 1.82) is 0 Å². The summed E-state index contributed by atoms with van der Waals surface area (Å²) in [7, 11) is 8.46. The molecule has 0 bridgehead atoms. The molecule has 8 aromatic carbocycles. The average Bonchev–Trinajstić information content (AvgIpc) is 0.949. The van der Waals surface area contributed by atoms with Crippen LogP contribution in [-0.2, 0) is 41.0 Å². The molecule has 452 valence electrons. The highest BCUT2D eigenvalue weighted by atomic mass is 14.9. The minimum absolute atomic E-state index is 0.562. The quantitative estimate of drug-likeness (QED) is 0.108.